The van der Waals surface area contributed by atoms with Gasteiger partial charge in [-0.15, -0.1) is 0 Å². The van der Waals surface area contributed by atoms with E-state index >= 15 is 0 Å². The molecule has 0 radical (unpaired) electrons. The molecule has 4 heteroatoms. The average molecular weight is 194 g/mol. The van der Waals surface area contributed by atoms with Crippen LogP contribution in [0.2, 0.25) is 0 Å². The van der Waals surface area contributed by atoms with Gasteiger partial charge in [0.15, 0.2) is 0 Å². The Kier molecular flexibility index (Phi) is 3.48. The summed E-state index contributed by atoms with van der Waals surface area (Å²) in [6, 6.07) is 7.02. The second kappa shape index (κ2) is 4.62. The zero-order valence-electron chi connectivity index (χ0n) is 8.10. The summed E-state index contributed by atoms with van der Waals surface area (Å²) in [6.45, 7) is 1.69. The molecule has 0 saturated carbocycles. The third-order valence-corrected chi connectivity index (χ3v) is 1.89. The van der Waals surface area contributed by atoms with Gasteiger partial charge in [0.1, 0.15) is 0 Å². The van der Waals surface area contributed by atoms with Crippen LogP contribution in [-0.2, 0) is 4.79 Å². The molecule has 0 aliphatic carbocycles. The Morgan fingerprint density at radius 2 is 2.29 bits per heavy atom. The van der Waals surface area contributed by atoms with Crippen LogP contribution in [0.15, 0.2) is 24.3 Å². The number of carbonyl (C=O) groups is 1. The number of hydrogen-bond donors (Lipinski definition) is 2. The fourth-order valence-electron chi connectivity index (χ4n) is 1.26. The first kappa shape index (κ1) is 10.5. The van der Waals surface area contributed by atoms with E-state index in [0.717, 1.165) is 0 Å². The van der Waals surface area contributed by atoms with Crippen LogP contribution in [0.25, 0.3) is 0 Å². The molecule has 0 unspecified atom stereocenters. The summed E-state index contributed by atoms with van der Waals surface area (Å²) in [5.74, 6) is -0.107. The lowest BCUT2D eigenvalue weighted by Crippen LogP contribution is -2.31. The molecule has 0 spiro atoms. The molecule has 0 aliphatic rings. The third-order valence-electron chi connectivity index (χ3n) is 1.89. The largest absolute Gasteiger partial charge is 0.399 e. The molecule has 3 N–H and O–H groups in total. The van der Waals surface area contributed by atoms with E-state index in [1.165, 1.54) is 11.8 Å². The molecular formula is C10H14N2O2. The van der Waals surface area contributed by atoms with Gasteiger partial charge in [-0.2, -0.15) is 0 Å². The monoisotopic (exact) mass is 194 g/mol. The van der Waals surface area contributed by atoms with Crippen molar-refractivity contribution >= 4 is 17.3 Å². The van der Waals surface area contributed by atoms with E-state index in [1.807, 2.05) is 0 Å². The van der Waals surface area contributed by atoms with Gasteiger partial charge in [0.05, 0.1) is 6.61 Å². The zero-order chi connectivity index (χ0) is 10.6. The predicted molar refractivity (Wildman–Crippen MR) is 56.0 cm³/mol. The fourth-order valence-corrected chi connectivity index (χ4v) is 1.26. The van der Waals surface area contributed by atoms with Crippen molar-refractivity contribution in [1.29, 1.82) is 0 Å². The van der Waals surface area contributed by atoms with Gasteiger partial charge in [0.2, 0.25) is 5.91 Å². The van der Waals surface area contributed by atoms with Crippen LogP contribution < -0.4 is 10.6 Å². The van der Waals surface area contributed by atoms with E-state index in [2.05, 4.69) is 0 Å². The first-order chi connectivity index (χ1) is 6.65. The number of nitrogens with two attached hydrogens (primary N) is 1. The average Bonchev–Trinajstić information content (AvgIpc) is 2.13. The Labute approximate surface area is 82.9 Å². The lowest BCUT2D eigenvalue weighted by molar-refractivity contribution is -0.116. The van der Waals surface area contributed by atoms with E-state index in [1.54, 1.807) is 24.3 Å². The standard InChI is InChI=1S/C10H14N2O2/c1-8(14)12(5-6-13)10-4-2-3-9(11)7-10/h2-4,7,13H,5-6,11H2,1H3. The molecule has 76 valence electrons. The minimum atomic E-state index is -0.107. The second-order valence-corrected chi connectivity index (χ2v) is 2.99. The minimum Gasteiger partial charge on any atom is -0.399 e. The van der Waals surface area contributed by atoms with Crippen LogP contribution in [-0.4, -0.2) is 24.2 Å². The van der Waals surface area contributed by atoms with Crippen molar-refractivity contribution in [2.75, 3.05) is 23.8 Å². The fraction of sp³-hybridized carbons (Fsp3) is 0.300. The van der Waals surface area contributed by atoms with Gasteiger partial charge in [0, 0.05) is 24.8 Å². The van der Waals surface area contributed by atoms with Crippen molar-refractivity contribution < 1.29 is 9.90 Å². The number of aliphatic hydroxyl groups is 1. The lowest BCUT2D eigenvalue weighted by atomic mass is 10.2. The normalized spacial score (nSPS) is 9.86. The van der Waals surface area contributed by atoms with Crippen molar-refractivity contribution in [2.24, 2.45) is 0 Å². The highest BCUT2D eigenvalue weighted by Crippen LogP contribution is 2.17. The number of nitrogen functional groups attached to an aromatic ring is 1. The van der Waals surface area contributed by atoms with Gasteiger partial charge in [0.25, 0.3) is 0 Å². The van der Waals surface area contributed by atoms with Crippen molar-refractivity contribution in [3.8, 4) is 0 Å². The van der Waals surface area contributed by atoms with Crippen LogP contribution >= 0.6 is 0 Å². The smallest absolute Gasteiger partial charge is 0.223 e. The van der Waals surface area contributed by atoms with E-state index < -0.39 is 0 Å². The molecule has 4 nitrogen and oxygen atoms in total. The molecule has 1 amide bonds. The zero-order valence-corrected chi connectivity index (χ0v) is 8.10. The Morgan fingerprint density at radius 3 is 2.79 bits per heavy atom. The van der Waals surface area contributed by atoms with Crippen LogP contribution in [0.3, 0.4) is 0 Å². The SMILES string of the molecule is CC(=O)N(CCO)c1cccc(N)c1. The van der Waals surface area contributed by atoms with Crippen LogP contribution in [0, 0.1) is 0 Å². The van der Waals surface area contributed by atoms with E-state index in [4.69, 9.17) is 10.8 Å². The van der Waals surface area contributed by atoms with Gasteiger partial charge in [-0.3, -0.25) is 4.79 Å². The molecule has 0 aromatic heterocycles. The number of nitrogens with zero attached hydrogens (tertiary/aromatic N) is 1. The first-order valence-electron chi connectivity index (χ1n) is 4.39. The van der Waals surface area contributed by atoms with Gasteiger partial charge in [-0.05, 0) is 18.2 Å². The molecule has 0 saturated heterocycles. The Balaban J connectivity index is 2.93. The molecule has 0 aliphatic heterocycles. The number of rotatable bonds is 3. The highest BCUT2D eigenvalue weighted by molar-refractivity contribution is 5.91. The maximum Gasteiger partial charge on any atom is 0.223 e. The number of amides is 1. The summed E-state index contributed by atoms with van der Waals surface area (Å²) in [5.41, 5.74) is 6.91. The van der Waals surface area contributed by atoms with Crippen molar-refractivity contribution in [3.05, 3.63) is 24.3 Å². The van der Waals surface area contributed by atoms with Crippen molar-refractivity contribution in [2.45, 2.75) is 6.92 Å². The summed E-state index contributed by atoms with van der Waals surface area (Å²) >= 11 is 0. The number of aliphatic hydroxyl groups excluding tert-OH is 1. The molecular weight excluding hydrogens is 180 g/mol. The third kappa shape index (κ3) is 2.47. The maximum absolute atomic E-state index is 11.2. The molecule has 0 fully saturated rings. The molecule has 0 heterocycles. The summed E-state index contributed by atoms with van der Waals surface area (Å²) in [6.07, 6.45) is 0. The van der Waals surface area contributed by atoms with Gasteiger partial charge >= 0.3 is 0 Å². The van der Waals surface area contributed by atoms with E-state index in [-0.39, 0.29) is 12.5 Å². The number of carbonyl (C=O) groups excluding carboxylic acids is 1. The predicted octanol–water partition coefficient (Wildman–Crippen LogP) is 0.614. The van der Waals surface area contributed by atoms with Crippen LogP contribution in [0.5, 0.6) is 0 Å². The highest BCUT2D eigenvalue weighted by Gasteiger charge is 2.09. The molecule has 1 aromatic carbocycles. The summed E-state index contributed by atoms with van der Waals surface area (Å²) in [5, 5.41) is 8.79. The first-order valence-corrected chi connectivity index (χ1v) is 4.39. The second-order valence-electron chi connectivity index (χ2n) is 2.99. The molecule has 1 aromatic rings. The lowest BCUT2D eigenvalue weighted by Gasteiger charge is -2.20. The topological polar surface area (TPSA) is 66.6 Å². The number of anilines is 2. The van der Waals surface area contributed by atoms with E-state index in [0.29, 0.717) is 17.9 Å². The minimum absolute atomic E-state index is 0.0611. The van der Waals surface area contributed by atoms with Gasteiger partial charge in [-0.1, -0.05) is 6.07 Å². The Morgan fingerprint density at radius 1 is 1.57 bits per heavy atom. The summed E-state index contributed by atoms with van der Waals surface area (Å²) in [4.78, 5) is 12.7. The molecule has 1 rings (SSSR count). The van der Waals surface area contributed by atoms with Gasteiger partial charge < -0.3 is 15.7 Å². The number of benzene rings is 1. The molecule has 0 atom stereocenters. The molecule has 14 heavy (non-hydrogen) atoms. The van der Waals surface area contributed by atoms with Crippen molar-refractivity contribution in [3.63, 3.8) is 0 Å². The van der Waals surface area contributed by atoms with Crippen LogP contribution in [0.4, 0.5) is 11.4 Å². The van der Waals surface area contributed by atoms with E-state index in [9.17, 15) is 4.79 Å². The van der Waals surface area contributed by atoms with Crippen molar-refractivity contribution in [1.82, 2.24) is 0 Å². The molecule has 0 bridgehead atoms. The van der Waals surface area contributed by atoms with Gasteiger partial charge in [-0.25, -0.2) is 0 Å². The maximum atomic E-state index is 11.2. The summed E-state index contributed by atoms with van der Waals surface area (Å²) < 4.78 is 0. The summed E-state index contributed by atoms with van der Waals surface area (Å²) in [7, 11) is 0. The quantitative estimate of drug-likeness (QED) is 0.693. The Hall–Kier alpha value is -1.55. The highest BCUT2D eigenvalue weighted by atomic mass is 16.3. The van der Waals surface area contributed by atoms with Crippen LogP contribution in [0.1, 0.15) is 6.92 Å². The number of hydrogen-bond acceptors (Lipinski definition) is 3. The Bertz CT molecular complexity index is 326.